The number of hydrogen-bond acceptors (Lipinski definition) is 4. The van der Waals surface area contributed by atoms with Gasteiger partial charge in [-0.15, -0.1) is 0 Å². The zero-order chi connectivity index (χ0) is 15.7. The van der Waals surface area contributed by atoms with E-state index in [2.05, 4.69) is 5.32 Å². The van der Waals surface area contributed by atoms with Gasteiger partial charge in [-0.25, -0.2) is 8.42 Å². The highest BCUT2D eigenvalue weighted by Crippen LogP contribution is 2.28. The Hall–Kier alpha value is -1.56. The minimum Gasteiger partial charge on any atom is -0.385 e. The summed E-state index contributed by atoms with van der Waals surface area (Å²) in [6, 6.07) is 5.57. The van der Waals surface area contributed by atoms with Gasteiger partial charge in [0.1, 0.15) is 0 Å². The van der Waals surface area contributed by atoms with Gasteiger partial charge in [0, 0.05) is 30.4 Å². The van der Waals surface area contributed by atoms with Crippen molar-refractivity contribution < 1.29 is 13.2 Å². The van der Waals surface area contributed by atoms with Crippen LogP contribution in [0.5, 0.6) is 0 Å². The SMILES string of the molecule is CCN(C(=O)c1cccc2c1CCCN2)C1CCS(=O)(=O)C1. The summed E-state index contributed by atoms with van der Waals surface area (Å²) in [4.78, 5) is 14.7. The molecule has 0 radical (unpaired) electrons. The van der Waals surface area contributed by atoms with E-state index in [4.69, 9.17) is 0 Å². The molecule has 0 spiro atoms. The van der Waals surface area contributed by atoms with Crippen molar-refractivity contribution in [3.05, 3.63) is 29.3 Å². The highest BCUT2D eigenvalue weighted by molar-refractivity contribution is 7.91. The second-order valence-corrected chi connectivity index (χ2v) is 8.24. The van der Waals surface area contributed by atoms with Crippen LogP contribution in [0, 0.1) is 0 Å². The molecule has 0 saturated carbocycles. The number of nitrogens with zero attached hydrogens (tertiary/aromatic N) is 1. The molecule has 1 amide bonds. The van der Waals surface area contributed by atoms with Crippen molar-refractivity contribution in [3.63, 3.8) is 0 Å². The average Bonchev–Trinajstić information content (AvgIpc) is 2.87. The normalized spacial score (nSPS) is 22.7. The lowest BCUT2D eigenvalue weighted by atomic mass is 9.96. The van der Waals surface area contributed by atoms with E-state index in [1.165, 1.54) is 0 Å². The monoisotopic (exact) mass is 322 g/mol. The molecule has 0 aliphatic carbocycles. The Morgan fingerprint density at radius 2 is 2.23 bits per heavy atom. The molecule has 6 heteroatoms. The third-order valence-corrected chi connectivity index (χ3v) is 6.33. The summed E-state index contributed by atoms with van der Waals surface area (Å²) in [7, 11) is -2.99. The number of anilines is 1. The number of carbonyl (C=O) groups excluding carboxylic acids is 1. The first-order valence-electron chi connectivity index (χ1n) is 7.89. The molecule has 1 fully saturated rings. The van der Waals surface area contributed by atoms with Gasteiger partial charge in [-0.1, -0.05) is 6.07 Å². The summed E-state index contributed by atoms with van der Waals surface area (Å²) >= 11 is 0. The van der Waals surface area contributed by atoms with Crippen LogP contribution < -0.4 is 5.32 Å². The molecule has 1 aromatic rings. The molecule has 22 heavy (non-hydrogen) atoms. The van der Waals surface area contributed by atoms with Gasteiger partial charge in [0.2, 0.25) is 0 Å². The molecular formula is C16H22N2O3S. The van der Waals surface area contributed by atoms with E-state index in [-0.39, 0.29) is 23.5 Å². The summed E-state index contributed by atoms with van der Waals surface area (Å²) < 4.78 is 23.4. The van der Waals surface area contributed by atoms with Gasteiger partial charge in [0.05, 0.1) is 11.5 Å². The van der Waals surface area contributed by atoms with Crippen molar-refractivity contribution in [2.24, 2.45) is 0 Å². The molecule has 5 nitrogen and oxygen atoms in total. The molecular weight excluding hydrogens is 300 g/mol. The molecule has 2 aliphatic rings. The Labute approximate surface area is 131 Å². The lowest BCUT2D eigenvalue weighted by molar-refractivity contribution is 0.0707. The quantitative estimate of drug-likeness (QED) is 0.920. The minimum atomic E-state index is -2.99. The first-order chi connectivity index (χ1) is 10.5. The van der Waals surface area contributed by atoms with Crippen molar-refractivity contribution >= 4 is 21.4 Å². The van der Waals surface area contributed by atoms with Crippen LogP contribution >= 0.6 is 0 Å². The first-order valence-corrected chi connectivity index (χ1v) is 9.71. The highest BCUT2D eigenvalue weighted by atomic mass is 32.2. The summed E-state index contributed by atoms with van der Waals surface area (Å²) in [6.45, 7) is 3.38. The average molecular weight is 322 g/mol. The van der Waals surface area contributed by atoms with E-state index in [9.17, 15) is 13.2 Å². The zero-order valence-corrected chi connectivity index (χ0v) is 13.7. The van der Waals surface area contributed by atoms with Crippen molar-refractivity contribution in [3.8, 4) is 0 Å². The van der Waals surface area contributed by atoms with Crippen LogP contribution in [0.15, 0.2) is 18.2 Å². The number of hydrogen-bond donors (Lipinski definition) is 1. The van der Waals surface area contributed by atoms with Gasteiger partial charge in [-0.2, -0.15) is 0 Å². The molecule has 1 unspecified atom stereocenters. The maximum Gasteiger partial charge on any atom is 0.254 e. The standard InChI is InChI=1S/C16H22N2O3S/c1-2-18(12-8-10-22(20,21)11-12)16(19)14-5-3-7-15-13(14)6-4-9-17-15/h3,5,7,12,17H,2,4,6,8-11H2,1H3. The molecule has 1 saturated heterocycles. The predicted molar refractivity (Wildman–Crippen MR) is 87.0 cm³/mol. The number of sulfone groups is 1. The lowest BCUT2D eigenvalue weighted by Crippen LogP contribution is -2.41. The fourth-order valence-electron chi connectivity index (χ4n) is 3.45. The second kappa shape index (κ2) is 5.91. The van der Waals surface area contributed by atoms with Gasteiger partial charge in [0.25, 0.3) is 5.91 Å². The summed E-state index contributed by atoms with van der Waals surface area (Å²) in [5, 5.41) is 3.33. The molecule has 2 heterocycles. The molecule has 0 aromatic heterocycles. The second-order valence-electron chi connectivity index (χ2n) is 6.01. The Morgan fingerprint density at radius 1 is 1.41 bits per heavy atom. The van der Waals surface area contributed by atoms with Crippen LogP contribution in [0.3, 0.4) is 0 Å². The number of fused-ring (bicyclic) bond motifs is 1. The highest BCUT2D eigenvalue weighted by Gasteiger charge is 2.35. The van der Waals surface area contributed by atoms with Crippen molar-refractivity contribution in [2.45, 2.75) is 32.2 Å². The van der Waals surface area contributed by atoms with Gasteiger partial charge >= 0.3 is 0 Å². The summed E-state index contributed by atoms with van der Waals surface area (Å²) in [6.07, 6.45) is 2.46. The number of amides is 1. The van der Waals surface area contributed by atoms with E-state index in [1.807, 2.05) is 25.1 Å². The van der Waals surface area contributed by atoms with Crippen LogP contribution in [-0.4, -0.2) is 49.9 Å². The van der Waals surface area contributed by atoms with E-state index in [0.717, 1.165) is 36.2 Å². The molecule has 3 rings (SSSR count). The summed E-state index contributed by atoms with van der Waals surface area (Å²) in [5.74, 6) is 0.251. The van der Waals surface area contributed by atoms with Gasteiger partial charge in [-0.05, 0) is 43.9 Å². The van der Waals surface area contributed by atoms with Crippen LogP contribution in [0.4, 0.5) is 5.69 Å². The van der Waals surface area contributed by atoms with Crippen LogP contribution in [0.2, 0.25) is 0 Å². The van der Waals surface area contributed by atoms with Crippen LogP contribution in [0.1, 0.15) is 35.7 Å². The smallest absolute Gasteiger partial charge is 0.254 e. The third kappa shape index (κ3) is 2.84. The fraction of sp³-hybridized carbons (Fsp3) is 0.562. The maximum absolute atomic E-state index is 12.9. The number of rotatable bonds is 3. The minimum absolute atomic E-state index is 0.0369. The van der Waals surface area contributed by atoms with Crippen molar-refractivity contribution in [1.29, 1.82) is 0 Å². The third-order valence-electron chi connectivity index (χ3n) is 4.58. The van der Waals surface area contributed by atoms with Crippen LogP contribution in [0.25, 0.3) is 0 Å². The number of carbonyl (C=O) groups is 1. The van der Waals surface area contributed by atoms with E-state index in [1.54, 1.807) is 4.90 Å². The predicted octanol–water partition coefficient (Wildman–Crippen LogP) is 1.69. The zero-order valence-electron chi connectivity index (χ0n) is 12.8. The van der Waals surface area contributed by atoms with Gasteiger partial charge in [-0.3, -0.25) is 4.79 Å². The molecule has 1 aromatic carbocycles. The molecule has 120 valence electrons. The Morgan fingerprint density at radius 3 is 2.91 bits per heavy atom. The number of benzene rings is 1. The van der Waals surface area contributed by atoms with E-state index >= 15 is 0 Å². The van der Waals surface area contributed by atoms with Crippen molar-refractivity contribution in [1.82, 2.24) is 4.90 Å². The molecule has 1 atom stereocenters. The fourth-order valence-corrected chi connectivity index (χ4v) is 5.18. The molecule has 1 N–H and O–H groups in total. The van der Waals surface area contributed by atoms with E-state index < -0.39 is 9.84 Å². The lowest BCUT2D eigenvalue weighted by Gasteiger charge is -2.29. The molecule has 0 bridgehead atoms. The van der Waals surface area contributed by atoms with Gasteiger partial charge in [0.15, 0.2) is 9.84 Å². The Balaban J connectivity index is 1.89. The number of nitrogens with one attached hydrogen (secondary N) is 1. The largest absolute Gasteiger partial charge is 0.385 e. The Bertz CT molecular complexity index is 685. The summed E-state index contributed by atoms with van der Waals surface area (Å²) in [5.41, 5.74) is 2.82. The maximum atomic E-state index is 12.9. The molecule has 2 aliphatic heterocycles. The Kier molecular flexibility index (Phi) is 4.12. The van der Waals surface area contributed by atoms with Gasteiger partial charge < -0.3 is 10.2 Å². The van der Waals surface area contributed by atoms with Crippen LogP contribution in [-0.2, 0) is 16.3 Å². The van der Waals surface area contributed by atoms with Crippen molar-refractivity contribution in [2.75, 3.05) is 29.9 Å². The van der Waals surface area contributed by atoms with E-state index in [0.29, 0.717) is 13.0 Å². The first kappa shape index (κ1) is 15.3. The topological polar surface area (TPSA) is 66.5 Å².